The zero-order valence-corrected chi connectivity index (χ0v) is 23.2. The summed E-state index contributed by atoms with van der Waals surface area (Å²) in [7, 11) is 0. The number of hydrogen-bond acceptors (Lipinski definition) is 7. The number of nitrogens with one attached hydrogen (secondary N) is 1. The van der Waals surface area contributed by atoms with Crippen LogP contribution in [0.25, 0.3) is 0 Å². The molecule has 1 aromatic heterocycles. The maximum absolute atomic E-state index is 13.0. The van der Waals surface area contributed by atoms with Gasteiger partial charge >= 0.3 is 6.09 Å². The van der Waals surface area contributed by atoms with Crippen LogP contribution in [0.5, 0.6) is 0 Å². The maximum Gasteiger partial charge on any atom is 0.410 e. The Labute approximate surface area is 220 Å². The van der Waals surface area contributed by atoms with Crippen molar-refractivity contribution in [1.82, 2.24) is 24.9 Å². The van der Waals surface area contributed by atoms with Crippen molar-refractivity contribution in [2.75, 3.05) is 51.1 Å². The Morgan fingerprint density at radius 3 is 2.22 bits per heavy atom. The van der Waals surface area contributed by atoms with Gasteiger partial charge in [0, 0.05) is 56.6 Å². The first-order valence-corrected chi connectivity index (χ1v) is 13.4. The van der Waals surface area contributed by atoms with Crippen molar-refractivity contribution in [3.05, 3.63) is 17.8 Å². The van der Waals surface area contributed by atoms with Crippen LogP contribution >= 0.6 is 0 Å². The largest absolute Gasteiger partial charge is 0.444 e. The topological polar surface area (TPSA) is 108 Å². The van der Waals surface area contributed by atoms with Gasteiger partial charge in [0.05, 0.1) is 0 Å². The molecule has 3 saturated heterocycles. The van der Waals surface area contributed by atoms with E-state index >= 15 is 0 Å². The zero-order chi connectivity index (χ0) is 27.0. The van der Waals surface area contributed by atoms with Gasteiger partial charge in [-0.1, -0.05) is 20.8 Å². The van der Waals surface area contributed by atoms with E-state index in [0.29, 0.717) is 50.2 Å². The SMILES string of the molecule is CC(C)(C)OC(=O)N1CC2(CCN(C(=O)c3ccc(NCC4CCN(C(=O)C(C)(C)C)C4)nn3)CC2)C1. The van der Waals surface area contributed by atoms with Crippen LogP contribution in [0, 0.1) is 16.7 Å². The lowest BCUT2D eigenvalue weighted by atomic mass is 9.72. The molecule has 0 saturated carbocycles. The van der Waals surface area contributed by atoms with E-state index in [1.165, 1.54) is 0 Å². The van der Waals surface area contributed by atoms with E-state index in [0.717, 1.165) is 32.4 Å². The van der Waals surface area contributed by atoms with E-state index in [9.17, 15) is 14.4 Å². The Morgan fingerprint density at radius 1 is 0.973 bits per heavy atom. The zero-order valence-electron chi connectivity index (χ0n) is 23.2. The highest BCUT2D eigenvalue weighted by molar-refractivity contribution is 5.92. The van der Waals surface area contributed by atoms with Crippen LogP contribution in [-0.4, -0.2) is 94.2 Å². The second kappa shape index (κ2) is 10.1. The summed E-state index contributed by atoms with van der Waals surface area (Å²) in [5, 5.41) is 11.7. The Morgan fingerprint density at radius 2 is 1.65 bits per heavy atom. The third-order valence-corrected chi connectivity index (χ3v) is 7.49. The number of amides is 3. The van der Waals surface area contributed by atoms with E-state index in [-0.39, 0.29) is 28.7 Å². The van der Waals surface area contributed by atoms with Crippen LogP contribution in [0.1, 0.15) is 71.3 Å². The van der Waals surface area contributed by atoms with Crippen LogP contribution in [-0.2, 0) is 9.53 Å². The van der Waals surface area contributed by atoms with Gasteiger partial charge in [0.25, 0.3) is 5.91 Å². The number of aromatic nitrogens is 2. The van der Waals surface area contributed by atoms with E-state index in [1.807, 2.05) is 51.3 Å². The minimum atomic E-state index is -0.494. The molecule has 0 bridgehead atoms. The van der Waals surface area contributed by atoms with Crippen molar-refractivity contribution in [2.24, 2.45) is 16.7 Å². The normalized spacial score (nSPS) is 21.6. The van der Waals surface area contributed by atoms with Crippen molar-refractivity contribution < 1.29 is 19.1 Å². The molecule has 3 aliphatic heterocycles. The lowest BCUT2D eigenvalue weighted by Gasteiger charge is -2.53. The van der Waals surface area contributed by atoms with Crippen LogP contribution in [0.3, 0.4) is 0 Å². The van der Waals surface area contributed by atoms with Gasteiger partial charge in [-0.2, -0.15) is 0 Å². The molecule has 3 fully saturated rings. The highest BCUT2D eigenvalue weighted by Crippen LogP contribution is 2.41. The molecule has 0 aromatic carbocycles. The molecule has 4 heterocycles. The van der Waals surface area contributed by atoms with Crippen LogP contribution in [0.4, 0.5) is 10.6 Å². The fourth-order valence-electron chi connectivity index (χ4n) is 5.33. The quantitative estimate of drug-likeness (QED) is 0.657. The predicted molar refractivity (Wildman–Crippen MR) is 140 cm³/mol. The smallest absolute Gasteiger partial charge is 0.410 e. The average molecular weight is 515 g/mol. The number of nitrogens with zero attached hydrogens (tertiary/aromatic N) is 5. The van der Waals surface area contributed by atoms with Gasteiger partial charge in [0.2, 0.25) is 5.91 Å². The summed E-state index contributed by atoms with van der Waals surface area (Å²) in [5.74, 6) is 1.09. The number of rotatable bonds is 4. The minimum Gasteiger partial charge on any atom is -0.444 e. The number of carbonyl (C=O) groups excluding carboxylic acids is 3. The molecule has 4 rings (SSSR count). The van der Waals surface area contributed by atoms with Crippen LogP contribution in [0.15, 0.2) is 12.1 Å². The number of ether oxygens (including phenoxy) is 1. The molecule has 204 valence electrons. The van der Waals surface area contributed by atoms with Crippen LogP contribution < -0.4 is 5.32 Å². The summed E-state index contributed by atoms with van der Waals surface area (Å²) in [6.07, 6.45) is 2.43. The third-order valence-electron chi connectivity index (χ3n) is 7.49. The van der Waals surface area contributed by atoms with Gasteiger partial charge in [-0.15, -0.1) is 10.2 Å². The van der Waals surface area contributed by atoms with Crippen molar-refractivity contribution in [1.29, 1.82) is 0 Å². The highest BCUT2D eigenvalue weighted by atomic mass is 16.6. The molecule has 0 aliphatic carbocycles. The van der Waals surface area contributed by atoms with E-state index < -0.39 is 5.60 Å². The Hall–Kier alpha value is -2.91. The molecular formula is C27H42N6O4. The molecule has 10 heteroatoms. The molecule has 1 aromatic rings. The monoisotopic (exact) mass is 514 g/mol. The number of carbonyl (C=O) groups is 3. The van der Waals surface area contributed by atoms with E-state index in [4.69, 9.17) is 4.74 Å². The van der Waals surface area contributed by atoms with Gasteiger partial charge in [0.1, 0.15) is 11.4 Å². The number of likely N-dealkylation sites (tertiary alicyclic amines) is 3. The second-order valence-electron chi connectivity index (χ2n) is 13.0. The molecule has 1 spiro atoms. The van der Waals surface area contributed by atoms with Gasteiger partial charge in [-0.25, -0.2) is 4.79 Å². The van der Waals surface area contributed by atoms with Gasteiger partial charge < -0.3 is 24.8 Å². The summed E-state index contributed by atoms with van der Waals surface area (Å²) in [6, 6.07) is 3.52. The summed E-state index contributed by atoms with van der Waals surface area (Å²) >= 11 is 0. The molecule has 10 nitrogen and oxygen atoms in total. The molecule has 3 aliphatic rings. The van der Waals surface area contributed by atoms with Crippen LogP contribution in [0.2, 0.25) is 0 Å². The first-order valence-electron chi connectivity index (χ1n) is 13.4. The standard InChI is InChI=1S/C27H42N6O4/c1-25(2,3)23(35)32-12-9-19(16-32)15-28-21-8-7-20(29-30-21)22(34)31-13-10-27(11-14-31)17-33(18-27)24(36)37-26(4,5)6/h7-8,19H,9-18H2,1-6H3,(H,28,30). The van der Waals surface area contributed by atoms with Crippen molar-refractivity contribution in [3.8, 4) is 0 Å². The summed E-state index contributed by atoms with van der Waals surface area (Å²) < 4.78 is 5.46. The lowest BCUT2D eigenvalue weighted by Crippen LogP contribution is -2.62. The molecule has 1 atom stereocenters. The number of anilines is 1. The molecule has 37 heavy (non-hydrogen) atoms. The molecule has 3 amide bonds. The molecule has 0 radical (unpaired) electrons. The van der Waals surface area contributed by atoms with Gasteiger partial charge in [-0.05, 0) is 58.1 Å². The van der Waals surface area contributed by atoms with Crippen molar-refractivity contribution >= 4 is 23.7 Å². The number of hydrogen-bond donors (Lipinski definition) is 1. The maximum atomic E-state index is 13.0. The average Bonchev–Trinajstić information content (AvgIpc) is 3.28. The summed E-state index contributed by atoms with van der Waals surface area (Å²) in [6.45, 7) is 16.4. The van der Waals surface area contributed by atoms with E-state index in [1.54, 1.807) is 17.0 Å². The number of piperidine rings is 1. The fourth-order valence-corrected chi connectivity index (χ4v) is 5.33. The Kier molecular flexibility index (Phi) is 7.41. The summed E-state index contributed by atoms with van der Waals surface area (Å²) in [5.41, 5.74) is -0.427. The molecule has 1 unspecified atom stereocenters. The van der Waals surface area contributed by atoms with E-state index in [2.05, 4.69) is 15.5 Å². The first kappa shape index (κ1) is 27.1. The molecular weight excluding hydrogens is 472 g/mol. The predicted octanol–water partition coefficient (Wildman–Crippen LogP) is 3.26. The Bertz CT molecular complexity index is 997. The molecule has 1 N–H and O–H groups in total. The van der Waals surface area contributed by atoms with Crippen molar-refractivity contribution in [2.45, 2.75) is 66.4 Å². The van der Waals surface area contributed by atoms with Gasteiger partial charge in [0.15, 0.2) is 5.69 Å². The Balaban J connectivity index is 1.20. The van der Waals surface area contributed by atoms with Crippen molar-refractivity contribution in [3.63, 3.8) is 0 Å². The fraction of sp³-hybridized carbons (Fsp3) is 0.741. The highest BCUT2D eigenvalue weighted by Gasteiger charge is 2.48. The van der Waals surface area contributed by atoms with Gasteiger partial charge in [-0.3, -0.25) is 9.59 Å². The minimum absolute atomic E-state index is 0.0838. The second-order valence-corrected chi connectivity index (χ2v) is 13.0. The first-order chi connectivity index (χ1) is 17.2. The third kappa shape index (κ3) is 6.51. The summed E-state index contributed by atoms with van der Waals surface area (Å²) in [4.78, 5) is 43.3. The lowest BCUT2D eigenvalue weighted by molar-refractivity contribution is -0.138.